The predicted octanol–water partition coefficient (Wildman–Crippen LogP) is 2.74. The molecular formula is C20H27N3O3S. The monoisotopic (exact) mass is 389 g/mol. The van der Waals surface area contributed by atoms with Crippen LogP contribution in [0.25, 0.3) is 0 Å². The molecule has 1 aromatic carbocycles. The smallest absolute Gasteiger partial charge is 0.268 e. The number of hydrogen-bond acceptors (Lipinski definition) is 3. The molecule has 6 nitrogen and oxygen atoms in total. The van der Waals surface area contributed by atoms with E-state index < -0.39 is 10.0 Å². The maximum atomic E-state index is 12.9. The third-order valence-electron chi connectivity index (χ3n) is 5.14. The van der Waals surface area contributed by atoms with Crippen LogP contribution in [0.15, 0.2) is 47.5 Å². The molecule has 146 valence electrons. The molecule has 0 bridgehead atoms. The van der Waals surface area contributed by atoms with E-state index in [1.54, 1.807) is 4.57 Å². The van der Waals surface area contributed by atoms with E-state index in [1.807, 2.05) is 30.3 Å². The van der Waals surface area contributed by atoms with Crippen molar-refractivity contribution < 1.29 is 13.2 Å². The number of aromatic nitrogens is 1. The summed E-state index contributed by atoms with van der Waals surface area (Å²) >= 11 is 0. The molecule has 0 spiro atoms. The molecule has 1 aliphatic rings. The fraction of sp³-hybridized carbons (Fsp3) is 0.450. The molecule has 0 saturated heterocycles. The molecule has 1 fully saturated rings. The van der Waals surface area contributed by atoms with Gasteiger partial charge in [0, 0.05) is 18.8 Å². The van der Waals surface area contributed by atoms with E-state index in [2.05, 4.69) is 19.2 Å². The van der Waals surface area contributed by atoms with E-state index >= 15 is 0 Å². The number of carbonyl (C=O) groups excluding carboxylic acids is 1. The molecule has 2 aromatic rings. The van der Waals surface area contributed by atoms with Crippen LogP contribution in [0.4, 0.5) is 0 Å². The molecule has 1 aromatic heterocycles. The minimum absolute atomic E-state index is 0.0473. The van der Waals surface area contributed by atoms with Crippen LogP contribution in [0.2, 0.25) is 0 Å². The first-order valence-electron chi connectivity index (χ1n) is 9.30. The van der Waals surface area contributed by atoms with Gasteiger partial charge in [0.25, 0.3) is 5.91 Å². The number of nitrogens with zero attached hydrogens (tertiary/aromatic N) is 1. The Labute approximate surface area is 160 Å². The summed E-state index contributed by atoms with van der Waals surface area (Å²) in [7, 11) is -3.88. The summed E-state index contributed by atoms with van der Waals surface area (Å²) < 4.78 is 25.2. The first kappa shape index (κ1) is 19.6. The van der Waals surface area contributed by atoms with Gasteiger partial charge in [-0.15, -0.1) is 0 Å². The lowest BCUT2D eigenvalue weighted by Crippen LogP contribution is -2.40. The Hall–Kier alpha value is -2.12. The lowest BCUT2D eigenvalue weighted by molar-refractivity contribution is 0.0902. The normalized spacial score (nSPS) is 23.1. The van der Waals surface area contributed by atoms with Gasteiger partial charge in [-0.2, -0.15) is 0 Å². The zero-order valence-corrected chi connectivity index (χ0v) is 16.6. The largest absolute Gasteiger partial charge is 0.348 e. The quantitative estimate of drug-likeness (QED) is 0.823. The Balaban J connectivity index is 1.86. The first-order valence-corrected chi connectivity index (χ1v) is 10.8. The Morgan fingerprint density at radius 1 is 1.15 bits per heavy atom. The summed E-state index contributed by atoms with van der Waals surface area (Å²) in [6.45, 7) is 4.80. The van der Waals surface area contributed by atoms with E-state index in [-0.39, 0.29) is 16.8 Å². The van der Waals surface area contributed by atoms with Crippen molar-refractivity contribution in [2.75, 3.05) is 0 Å². The van der Waals surface area contributed by atoms with Gasteiger partial charge in [-0.1, -0.05) is 44.2 Å². The van der Waals surface area contributed by atoms with Crippen molar-refractivity contribution in [3.8, 4) is 0 Å². The number of amides is 1. The van der Waals surface area contributed by atoms with Crippen molar-refractivity contribution in [3.05, 3.63) is 53.9 Å². The average Bonchev–Trinajstić information content (AvgIpc) is 2.99. The van der Waals surface area contributed by atoms with E-state index in [9.17, 15) is 13.2 Å². The molecule has 7 heteroatoms. The molecule has 2 atom stereocenters. The van der Waals surface area contributed by atoms with Crippen LogP contribution >= 0.6 is 0 Å². The number of hydrogen-bond donors (Lipinski definition) is 2. The Morgan fingerprint density at radius 3 is 2.37 bits per heavy atom. The molecule has 0 aliphatic heterocycles. The lowest BCUT2D eigenvalue weighted by atomic mass is 9.80. The fourth-order valence-electron chi connectivity index (χ4n) is 4.06. The van der Waals surface area contributed by atoms with Crippen LogP contribution < -0.4 is 10.5 Å². The van der Waals surface area contributed by atoms with Gasteiger partial charge in [-0.05, 0) is 42.7 Å². The predicted molar refractivity (Wildman–Crippen MR) is 105 cm³/mol. The van der Waals surface area contributed by atoms with Crippen LogP contribution in [-0.4, -0.2) is 24.9 Å². The molecule has 3 rings (SSSR count). The van der Waals surface area contributed by atoms with Crippen LogP contribution in [0.1, 0.15) is 49.2 Å². The maximum absolute atomic E-state index is 12.9. The SMILES string of the molecule is CC1CC(C)CC(NC(=O)c2cc(S(N)(=O)=O)cn2Cc2ccccc2)C1. The standard InChI is InChI=1S/C20H27N3O3S/c1-14-8-15(2)10-17(9-14)22-20(24)19-11-18(27(21,25)26)13-23(19)12-16-6-4-3-5-7-16/h3-7,11,13-15,17H,8-10,12H2,1-2H3,(H,22,24)(H2,21,25,26). The summed E-state index contributed by atoms with van der Waals surface area (Å²) in [5.74, 6) is 0.873. The van der Waals surface area contributed by atoms with Crippen molar-refractivity contribution in [3.63, 3.8) is 0 Å². The second kappa shape index (κ2) is 7.86. The molecule has 27 heavy (non-hydrogen) atoms. The lowest BCUT2D eigenvalue weighted by Gasteiger charge is -2.32. The summed E-state index contributed by atoms with van der Waals surface area (Å²) in [5.41, 5.74) is 1.29. The van der Waals surface area contributed by atoms with Gasteiger partial charge >= 0.3 is 0 Å². The molecule has 1 amide bonds. The van der Waals surface area contributed by atoms with Crippen LogP contribution in [0, 0.1) is 11.8 Å². The average molecular weight is 390 g/mol. The van der Waals surface area contributed by atoms with Gasteiger partial charge < -0.3 is 9.88 Å². The number of benzene rings is 1. The number of primary sulfonamides is 1. The van der Waals surface area contributed by atoms with Gasteiger partial charge in [-0.25, -0.2) is 13.6 Å². The van der Waals surface area contributed by atoms with Crippen molar-refractivity contribution in [2.24, 2.45) is 17.0 Å². The highest BCUT2D eigenvalue weighted by molar-refractivity contribution is 7.89. The molecule has 1 heterocycles. The number of nitrogens with one attached hydrogen (secondary N) is 1. The second-order valence-electron chi connectivity index (χ2n) is 7.81. The van der Waals surface area contributed by atoms with E-state index in [4.69, 9.17) is 5.14 Å². The topological polar surface area (TPSA) is 94.2 Å². The molecular weight excluding hydrogens is 362 g/mol. The molecule has 3 N–H and O–H groups in total. The zero-order chi connectivity index (χ0) is 19.6. The molecule has 2 unspecified atom stereocenters. The van der Waals surface area contributed by atoms with Crippen molar-refractivity contribution in [1.29, 1.82) is 0 Å². The Morgan fingerprint density at radius 2 is 1.78 bits per heavy atom. The summed E-state index contributed by atoms with van der Waals surface area (Å²) in [6.07, 6.45) is 4.49. The highest BCUT2D eigenvalue weighted by Gasteiger charge is 2.27. The number of nitrogens with two attached hydrogens (primary N) is 1. The molecule has 1 saturated carbocycles. The minimum Gasteiger partial charge on any atom is -0.348 e. The third-order valence-corrected chi connectivity index (χ3v) is 6.02. The summed E-state index contributed by atoms with van der Waals surface area (Å²) in [6, 6.07) is 11.1. The van der Waals surface area contributed by atoms with Gasteiger partial charge in [0.05, 0.1) is 0 Å². The summed E-state index contributed by atoms with van der Waals surface area (Å²) in [4.78, 5) is 12.9. The molecule has 1 aliphatic carbocycles. The van der Waals surface area contributed by atoms with Gasteiger partial charge in [0.15, 0.2) is 0 Å². The second-order valence-corrected chi connectivity index (χ2v) is 9.37. The number of sulfonamides is 1. The van der Waals surface area contributed by atoms with Crippen molar-refractivity contribution in [2.45, 2.75) is 50.6 Å². The van der Waals surface area contributed by atoms with Gasteiger partial charge in [0.2, 0.25) is 10.0 Å². The van der Waals surface area contributed by atoms with Crippen molar-refractivity contribution in [1.82, 2.24) is 9.88 Å². The molecule has 0 radical (unpaired) electrons. The third kappa shape index (κ3) is 4.99. The van der Waals surface area contributed by atoms with Crippen LogP contribution in [0.3, 0.4) is 0 Å². The fourth-order valence-corrected chi connectivity index (χ4v) is 4.61. The van der Waals surface area contributed by atoms with E-state index in [1.165, 1.54) is 18.7 Å². The zero-order valence-electron chi connectivity index (χ0n) is 15.8. The van der Waals surface area contributed by atoms with E-state index in [0.29, 0.717) is 24.1 Å². The summed E-state index contributed by atoms with van der Waals surface area (Å²) in [5, 5.41) is 8.37. The van der Waals surface area contributed by atoms with Crippen LogP contribution in [-0.2, 0) is 16.6 Å². The van der Waals surface area contributed by atoms with E-state index in [0.717, 1.165) is 18.4 Å². The maximum Gasteiger partial charge on any atom is 0.268 e. The Kier molecular flexibility index (Phi) is 5.72. The minimum atomic E-state index is -3.88. The van der Waals surface area contributed by atoms with Gasteiger partial charge in [0.1, 0.15) is 10.6 Å². The highest BCUT2D eigenvalue weighted by atomic mass is 32.2. The van der Waals surface area contributed by atoms with Gasteiger partial charge in [-0.3, -0.25) is 4.79 Å². The highest BCUT2D eigenvalue weighted by Crippen LogP contribution is 2.28. The number of carbonyl (C=O) groups is 1. The number of rotatable bonds is 5. The van der Waals surface area contributed by atoms with Crippen LogP contribution in [0.5, 0.6) is 0 Å². The van der Waals surface area contributed by atoms with Crippen molar-refractivity contribution >= 4 is 15.9 Å². The first-order chi connectivity index (χ1) is 12.7. The Bertz CT molecular complexity index is 896.